The van der Waals surface area contributed by atoms with Crippen LogP contribution in [0, 0.1) is 0 Å². The smallest absolute Gasteiger partial charge is 0.139 e. The number of hydrogen-bond donors (Lipinski definition) is 0. The van der Waals surface area contributed by atoms with Crippen molar-refractivity contribution in [3.05, 3.63) is 53.0 Å². The van der Waals surface area contributed by atoms with E-state index in [9.17, 15) is 0 Å². The molecule has 4 heteroatoms. The summed E-state index contributed by atoms with van der Waals surface area (Å²) in [6.07, 6.45) is 5.14. The van der Waals surface area contributed by atoms with Crippen LogP contribution in [0.5, 0.6) is 5.75 Å². The van der Waals surface area contributed by atoms with Crippen LogP contribution in [0.25, 0.3) is 0 Å². The van der Waals surface area contributed by atoms with Crippen molar-refractivity contribution in [2.24, 2.45) is 0 Å². The zero-order valence-electron chi connectivity index (χ0n) is 7.93. The molecule has 2 heterocycles. The van der Waals surface area contributed by atoms with Crippen LogP contribution in [0.2, 0.25) is 0 Å². The summed E-state index contributed by atoms with van der Waals surface area (Å²) >= 11 is 3.33. The summed E-state index contributed by atoms with van der Waals surface area (Å²) < 4.78 is 6.42. The zero-order valence-corrected chi connectivity index (χ0v) is 9.52. The maximum atomic E-state index is 5.52. The molecular weight excluding hydrogens is 256 g/mol. The largest absolute Gasteiger partial charge is 0.486 e. The van der Waals surface area contributed by atoms with Crippen LogP contribution >= 0.6 is 15.9 Å². The lowest BCUT2D eigenvalue weighted by Crippen LogP contribution is -1.97. The van der Waals surface area contributed by atoms with Crippen molar-refractivity contribution >= 4 is 15.9 Å². The molecule has 0 aliphatic rings. The minimum atomic E-state index is 0.457. The molecule has 0 saturated heterocycles. The Bertz CT molecular complexity index is 434. The number of pyridine rings is 2. The van der Waals surface area contributed by atoms with Gasteiger partial charge in [0.25, 0.3) is 0 Å². The highest BCUT2D eigenvalue weighted by molar-refractivity contribution is 9.10. The zero-order chi connectivity index (χ0) is 10.5. The van der Waals surface area contributed by atoms with Gasteiger partial charge in [-0.15, -0.1) is 0 Å². The standard InChI is InChI=1S/C11H9BrN2O/c12-9-5-11(7-13-6-9)15-8-10-3-1-2-4-14-10/h1-7H,8H2. The minimum Gasteiger partial charge on any atom is -0.486 e. The van der Waals surface area contributed by atoms with Crippen LogP contribution in [0.3, 0.4) is 0 Å². The lowest BCUT2D eigenvalue weighted by molar-refractivity contribution is 0.300. The van der Waals surface area contributed by atoms with Crippen molar-refractivity contribution in [1.29, 1.82) is 0 Å². The van der Waals surface area contributed by atoms with E-state index >= 15 is 0 Å². The number of hydrogen-bond acceptors (Lipinski definition) is 3. The highest BCUT2D eigenvalue weighted by atomic mass is 79.9. The van der Waals surface area contributed by atoms with Gasteiger partial charge in [-0.1, -0.05) is 6.07 Å². The van der Waals surface area contributed by atoms with Crippen molar-refractivity contribution in [3.8, 4) is 5.75 Å². The van der Waals surface area contributed by atoms with Gasteiger partial charge in [0.1, 0.15) is 12.4 Å². The van der Waals surface area contributed by atoms with E-state index in [1.165, 1.54) is 0 Å². The SMILES string of the molecule is Brc1cncc(OCc2ccccn2)c1. The highest BCUT2D eigenvalue weighted by Crippen LogP contribution is 2.16. The van der Waals surface area contributed by atoms with E-state index in [0.717, 1.165) is 15.9 Å². The highest BCUT2D eigenvalue weighted by Gasteiger charge is 1.97. The molecule has 15 heavy (non-hydrogen) atoms. The first kappa shape index (κ1) is 10.1. The monoisotopic (exact) mass is 264 g/mol. The molecule has 0 fully saturated rings. The molecule has 0 atom stereocenters. The van der Waals surface area contributed by atoms with E-state index < -0.39 is 0 Å². The fraction of sp³-hybridized carbons (Fsp3) is 0.0909. The van der Waals surface area contributed by atoms with Gasteiger partial charge in [0.15, 0.2) is 0 Å². The summed E-state index contributed by atoms with van der Waals surface area (Å²) in [4.78, 5) is 8.16. The van der Waals surface area contributed by atoms with Crippen LogP contribution in [0.4, 0.5) is 0 Å². The maximum Gasteiger partial charge on any atom is 0.139 e. The quantitative estimate of drug-likeness (QED) is 0.855. The van der Waals surface area contributed by atoms with Gasteiger partial charge < -0.3 is 4.74 Å². The Hall–Kier alpha value is -1.42. The molecule has 76 valence electrons. The number of aromatic nitrogens is 2. The molecule has 0 aliphatic carbocycles. The number of ether oxygens (including phenoxy) is 1. The Labute approximate surface area is 96.3 Å². The first-order valence-electron chi connectivity index (χ1n) is 4.48. The molecule has 0 aromatic carbocycles. The van der Waals surface area contributed by atoms with Crippen molar-refractivity contribution in [1.82, 2.24) is 9.97 Å². The third-order valence-electron chi connectivity index (χ3n) is 1.79. The summed E-state index contributed by atoms with van der Waals surface area (Å²) in [7, 11) is 0. The van der Waals surface area contributed by atoms with Crippen molar-refractivity contribution in [2.75, 3.05) is 0 Å². The predicted molar refractivity (Wildman–Crippen MR) is 60.5 cm³/mol. The normalized spacial score (nSPS) is 9.93. The Balaban J connectivity index is 1.99. The van der Waals surface area contributed by atoms with Gasteiger partial charge in [0.05, 0.1) is 11.9 Å². The average Bonchev–Trinajstić information content (AvgIpc) is 2.28. The molecule has 0 bridgehead atoms. The van der Waals surface area contributed by atoms with E-state index in [-0.39, 0.29) is 0 Å². The molecule has 0 unspecified atom stereocenters. The van der Waals surface area contributed by atoms with E-state index in [1.807, 2.05) is 24.3 Å². The van der Waals surface area contributed by atoms with Gasteiger partial charge in [0, 0.05) is 16.9 Å². The van der Waals surface area contributed by atoms with Crippen molar-refractivity contribution in [3.63, 3.8) is 0 Å². The van der Waals surface area contributed by atoms with Gasteiger partial charge >= 0.3 is 0 Å². The second-order valence-electron chi connectivity index (χ2n) is 2.95. The van der Waals surface area contributed by atoms with E-state index in [0.29, 0.717) is 6.61 Å². The second-order valence-corrected chi connectivity index (χ2v) is 3.86. The molecule has 0 spiro atoms. The molecule has 0 saturated carbocycles. The van der Waals surface area contributed by atoms with E-state index in [1.54, 1.807) is 18.6 Å². The number of nitrogens with zero attached hydrogens (tertiary/aromatic N) is 2. The van der Waals surface area contributed by atoms with Crippen LogP contribution in [0.15, 0.2) is 47.3 Å². The molecule has 3 nitrogen and oxygen atoms in total. The number of rotatable bonds is 3. The van der Waals surface area contributed by atoms with Crippen LogP contribution < -0.4 is 4.74 Å². The molecule has 2 aromatic heterocycles. The van der Waals surface area contributed by atoms with Crippen LogP contribution in [-0.4, -0.2) is 9.97 Å². The van der Waals surface area contributed by atoms with E-state index in [4.69, 9.17) is 4.74 Å². The summed E-state index contributed by atoms with van der Waals surface area (Å²) in [6.45, 7) is 0.457. The van der Waals surface area contributed by atoms with Gasteiger partial charge in [-0.3, -0.25) is 9.97 Å². The Morgan fingerprint density at radius 1 is 1.27 bits per heavy atom. The van der Waals surface area contributed by atoms with Gasteiger partial charge in [-0.2, -0.15) is 0 Å². The van der Waals surface area contributed by atoms with Crippen molar-refractivity contribution in [2.45, 2.75) is 6.61 Å². The topological polar surface area (TPSA) is 35.0 Å². The van der Waals surface area contributed by atoms with E-state index in [2.05, 4.69) is 25.9 Å². The summed E-state index contributed by atoms with van der Waals surface area (Å²) in [5.41, 5.74) is 0.900. The Kier molecular flexibility index (Phi) is 3.29. The van der Waals surface area contributed by atoms with Crippen LogP contribution in [0.1, 0.15) is 5.69 Å². The summed E-state index contributed by atoms with van der Waals surface area (Å²) in [5.74, 6) is 0.732. The Morgan fingerprint density at radius 2 is 2.20 bits per heavy atom. The molecular formula is C11H9BrN2O. The molecule has 2 rings (SSSR count). The van der Waals surface area contributed by atoms with Gasteiger partial charge in [0.2, 0.25) is 0 Å². The Morgan fingerprint density at radius 3 is 2.93 bits per heavy atom. The fourth-order valence-electron chi connectivity index (χ4n) is 1.11. The predicted octanol–water partition coefficient (Wildman–Crippen LogP) is 2.82. The third kappa shape index (κ3) is 3.02. The fourth-order valence-corrected chi connectivity index (χ4v) is 1.46. The maximum absolute atomic E-state index is 5.52. The molecule has 2 aromatic rings. The lowest BCUT2D eigenvalue weighted by Gasteiger charge is -2.04. The second kappa shape index (κ2) is 4.89. The third-order valence-corrected chi connectivity index (χ3v) is 2.23. The van der Waals surface area contributed by atoms with Crippen molar-refractivity contribution < 1.29 is 4.74 Å². The molecule has 0 radical (unpaired) electrons. The molecule has 0 N–H and O–H groups in total. The minimum absolute atomic E-state index is 0.457. The summed E-state index contributed by atoms with van der Waals surface area (Å²) in [5, 5.41) is 0. The van der Waals surface area contributed by atoms with Gasteiger partial charge in [-0.05, 0) is 34.1 Å². The molecule has 0 amide bonds. The lowest BCUT2D eigenvalue weighted by atomic mass is 10.4. The summed E-state index contributed by atoms with van der Waals surface area (Å²) in [6, 6.07) is 7.61. The average molecular weight is 265 g/mol. The molecule has 0 aliphatic heterocycles. The first-order valence-corrected chi connectivity index (χ1v) is 5.27. The van der Waals surface area contributed by atoms with Crippen LogP contribution in [-0.2, 0) is 6.61 Å². The number of halogens is 1. The first-order chi connectivity index (χ1) is 7.34. The van der Waals surface area contributed by atoms with Gasteiger partial charge in [-0.25, -0.2) is 0 Å².